The Morgan fingerprint density at radius 1 is 1.46 bits per heavy atom. The van der Waals surface area contributed by atoms with Gasteiger partial charge in [-0.05, 0) is 19.4 Å². The highest BCUT2D eigenvalue weighted by Gasteiger charge is 2.05. The fourth-order valence-electron chi connectivity index (χ4n) is 1.10. The number of aromatic nitrogens is 1. The lowest BCUT2D eigenvalue weighted by molar-refractivity contribution is 0.172. The van der Waals surface area contributed by atoms with Gasteiger partial charge in [0, 0.05) is 11.8 Å². The van der Waals surface area contributed by atoms with Crippen LogP contribution in [-0.4, -0.2) is 16.7 Å². The Bertz CT molecular complexity index is 263. The van der Waals surface area contributed by atoms with Crippen LogP contribution >= 0.6 is 0 Å². The molecule has 0 bridgehead atoms. The lowest BCUT2D eigenvalue weighted by Crippen LogP contribution is -1.98. The Balaban J connectivity index is 2.78. The van der Waals surface area contributed by atoms with E-state index in [9.17, 15) is 5.11 Å². The average molecular weight is 181 g/mol. The first kappa shape index (κ1) is 9.99. The molecule has 0 aliphatic heterocycles. The van der Waals surface area contributed by atoms with Crippen molar-refractivity contribution in [1.82, 2.24) is 4.98 Å². The molecule has 0 saturated heterocycles. The van der Waals surface area contributed by atoms with E-state index in [0.717, 1.165) is 5.56 Å². The van der Waals surface area contributed by atoms with E-state index in [2.05, 4.69) is 4.98 Å². The van der Waals surface area contributed by atoms with Crippen molar-refractivity contribution in [2.24, 2.45) is 0 Å². The van der Waals surface area contributed by atoms with E-state index in [1.807, 2.05) is 19.9 Å². The van der Waals surface area contributed by atoms with Crippen molar-refractivity contribution in [1.29, 1.82) is 0 Å². The molecule has 1 aromatic heterocycles. The molecule has 1 unspecified atom stereocenters. The number of hydrogen-bond acceptors (Lipinski definition) is 3. The number of ether oxygens (including phenoxy) is 1. The van der Waals surface area contributed by atoms with Crippen LogP contribution in [0.4, 0.5) is 0 Å². The first-order chi connectivity index (χ1) is 6.27. The number of nitrogens with zero attached hydrogens (tertiary/aromatic N) is 1. The highest BCUT2D eigenvalue weighted by Crippen LogP contribution is 2.19. The molecule has 0 fully saturated rings. The Kier molecular flexibility index (Phi) is 3.71. The summed E-state index contributed by atoms with van der Waals surface area (Å²) >= 11 is 0. The fourth-order valence-corrected chi connectivity index (χ4v) is 1.10. The third-order valence-electron chi connectivity index (χ3n) is 1.82. The number of pyridine rings is 1. The Hall–Kier alpha value is -1.09. The minimum Gasteiger partial charge on any atom is -0.492 e. The molecule has 3 nitrogen and oxygen atoms in total. The predicted octanol–water partition coefficient (Wildman–Crippen LogP) is 1.92. The van der Waals surface area contributed by atoms with E-state index in [1.54, 1.807) is 12.4 Å². The minimum absolute atomic E-state index is 0.437. The van der Waals surface area contributed by atoms with Gasteiger partial charge in [0.15, 0.2) is 0 Å². The van der Waals surface area contributed by atoms with E-state index < -0.39 is 6.10 Å². The highest BCUT2D eigenvalue weighted by atomic mass is 16.5. The van der Waals surface area contributed by atoms with Crippen LogP contribution in [0.1, 0.15) is 31.9 Å². The van der Waals surface area contributed by atoms with Crippen molar-refractivity contribution in [2.75, 3.05) is 6.61 Å². The number of hydrogen-bond donors (Lipinski definition) is 1. The van der Waals surface area contributed by atoms with Crippen LogP contribution in [0.5, 0.6) is 5.75 Å². The predicted molar refractivity (Wildman–Crippen MR) is 50.7 cm³/mol. The van der Waals surface area contributed by atoms with Gasteiger partial charge in [-0.2, -0.15) is 0 Å². The molecule has 0 spiro atoms. The quantitative estimate of drug-likeness (QED) is 0.771. The summed E-state index contributed by atoms with van der Waals surface area (Å²) in [4.78, 5) is 3.99. The SMILES string of the molecule is CCOc1cncc(C(O)CC)c1. The van der Waals surface area contributed by atoms with Crippen LogP contribution in [0.15, 0.2) is 18.5 Å². The highest BCUT2D eigenvalue weighted by molar-refractivity contribution is 5.24. The third kappa shape index (κ3) is 2.70. The summed E-state index contributed by atoms with van der Waals surface area (Å²) < 4.78 is 5.27. The zero-order chi connectivity index (χ0) is 9.68. The van der Waals surface area contributed by atoms with E-state index in [-0.39, 0.29) is 0 Å². The van der Waals surface area contributed by atoms with Crippen molar-refractivity contribution in [3.63, 3.8) is 0 Å². The third-order valence-corrected chi connectivity index (χ3v) is 1.82. The Morgan fingerprint density at radius 3 is 2.85 bits per heavy atom. The van der Waals surface area contributed by atoms with Gasteiger partial charge in [-0.15, -0.1) is 0 Å². The average Bonchev–Trinajstić information content (AvgIpc) is 2.18. The summed E-state index contributed by atoms with van der Waals surface area (Å²) in [5.41, 5.74) is 0.813. The summed E-state index contributed by atoms with van der Waals surface area (Å²) in [6, 6.07) is 1.82. The molecule has 1 atom stereocenters. The molecule has 0 aromatic carbocycles. The van der Waals surface area contributed by atoms with Crippen molar-refractivity contribution >= 4 is 0 Å². The summed E-state index contributed by atoms with van der Waals surface area (Å²) in [6.07, 6.45) is 3.57. The molecule has 3 heteroatoms. The molecule has 1 N–H and O–H groups in total. The van der Waals surface area contributed by atoms with Crippen LogP contribution < -0.4 is 4.74 Å². The zero-order valence-electron chi connectivity index (χ0n) is 8.03. The minimum atomic E-state index is -0.437. The van der Waals surface area contributed by atoms with Gasteiger partial charge in [-0.1, -0.05) is 6.92 Å². The van der Waals surface area contributed by atoms with Gasteiger partial charge in [-0.3, -0.25) is 4.98 Å². The summed E-state index contributed by atoms with van der Waals surface area (Å²) in [7, 11) is 0. The van der Waals surface area contributed by atoms with Gasteiger partial charge in [0.1, 0.15) is 5.75 Å². The normalized spacial score (nSPS) is 12.5. The molecule has 0 radical (unpaired) electrons. The van der Waals surface area contributed by atoms with E-state index in [0.29, 0.717) is 18.8 Å². The fraction of sp³-hybridized carbons (Fsp3) is 0.500. The topological polar surface area (TPSA) is 42.4 Å². The van der Waals surface area contributed by atoms with Gasteiger partial charge in [0.25, 0.3) is 0 Å². The lowest BCUT2D eigenvalue weighted by atomic mass is 10.1. The largest absolute Gasteiger partial charge is 0.492 e. The van der Waals surface area contributed by atoms with Crippen LogP contribution in [0, 0.1) is 0 Å². The smallest absolute Gasteiger partial charge is 0.137 e. The number of aliphatic hydroxyl groups is 1. The maximum absolute atomic E-state index is 9.53. The van der Waals surface area contributed by atoms with Gasteiger partial charge >= 0.3 is 0 Å². The first-order valence-electron chi connectivity index (χ1n) is 4.53. The monoisotopic (exact) mass is 181 g/mol. The maximum Gasteiger partial charge on any atom is 0.137 e. The van der Waals surface area contributed by atoms with Gasteiger partial charge in [-0.25, -0.2) is 0 Å². The van der Waals surface area contributed by atoms with Crippen molar-refractivity contribution in [3.05, 3.63) is 24.0 Å². The Labute approximate surface area is 78.4 Å². The van der Waals surface area contributed by atoms with Crippen molar-refractivity contribution in [2.45, 2.75) is 26.4 Å². The van der Waals surface area contributed by atoms with Crippen LogP contribution in [-0.2, 0) is 0 Å². The molecule has 1 aromatic rings. The zero-order valence-corrected chi connectivity index (χ0v) is 8.03. The van der Waals surface area contributed by atoms with Crippen LogP contribution in [0.25, 0.3) is 0 Å². The molecule has 0 saturated carbocycles. The van der Waals surface area contributed by atoms with Crippen molar-refractivity contribution < 1.29 is 9.84 Å². The van der Waals surface area contributed by atoms with Gasteiger partial charge in [0.2, 0.25) is 0 Å². The molecule has 72 valence electrons. The molecule has 1 heterocycles. The van der Waals surface area contributed by atoms with Crippen molar-refractivity contribution in [3.8, 4) is 5.75 Å². The molecule has 0 aliphatic rings. The molecule has 13 heavy (non-hydrogen) atoms. The molecular weight excluding hydrogens is 166 g/mol. The summed E-state index contributed by atoms with van der Waals surface area (Å²) in [6.45, 7) is 4.47. The molecule has 1 rings (SSSR count). The molecule has 0 amide bonds. The van der Waals surface area contributed by atoms with Crippen LogP contribution in [0.3, 0.4) is 0 Å². The second kappa shape index (κ2) is 4.82. The van der Waals surface area contributed by atoms with Gasteiger partial charge < -0.3 is 9.84 Å². The molecule has 0 aliphatic carbocycles. The van der Waals surface area contributed by atoms with E-state index in [4.69, 9.17) is 4.74 Å². The maximum atomic E-state index is 9.53. The summed E-state index contributed by atoms with van der Waals surface area (Å²) in [5.74, 6) is 0.715. The Morgan fingerprint density at radius 2 is 2.23 bits per heavy atom. The van der Waals surface area contributed by atoms with E-state index in [1.165, 1.54) is 0 Å². The standard InChI is InChI=1S/C10H15NO2/c1-3-10(12)8-5-9(13-4-2)7-11-6-8/h5-7,10,12H,3-4H2,1-2H3. The van der Waals surface area contributed by atoms with Gasteiger partial charge in [0.05, 0.1) is 18.9 Å². The van der Waals surface area contributed by atoms with Crippen LogP contribution in [0.2, 0.25) is 0 Å². The number of rotatable bonds is 4. The summed E-state index contributed by atoms with van der Waals surface area (Å²) in [5, 5.41) is 9.53. The second-order valence-electron chi connectivity index (χ2n) is 2.81. The second-order valence-corrected chi connectivity index (χ2v) is 2.81. The lowest BCUT2D eigenvalue weighted by Gasteiger charge is -2.09. The van der Waals surface area contributed by atoms with E-state index >= 15 is 0 Å². The first-order valence-corrected chi connectivity index (χ1v) is 4.53. The molecular formula is C10H15NO2. The number of aliphatic hydroxyl groups excluding tert-OH is 1.